The Kier molecular flexibility index (Phi) is 6.14. The van der Waals surface area contributed by atoms with Crippen LogP contribution in [0.2, 0.25) is 0 Å². The molecule has 0 aromatic heterocycles. The van der Waals surface area contributed by atoms with Gasteiger partial charge in [-0.2, -0.15) is 0 Å². The lowest BCUT2D eigenvalue weighted by Gasteiger charge is -2.46. The molecule has 0 radical (unpaired) electrons. The predicted molar refractivity (Wildman–Crippen MR) is 107 cm³/mol. The zero-order chi connectivity index (χ0) is 19.9. The van der Waals surface area contributed by atoms with Crippen LogP contribution in [-0.4, -0.2) is 49.2 Å². The van der Waals surface area contributed by atoms with Crippen molar-refractivity contribution in [2.45, 2.75) is 43.7 Å². The van der Waals surface area contributed by atoms with Crippen LogP contribution in [0.1, 0.15) is 27.2 Å². The Bertz CT molecular complexity index is 810. The Morgan fingerprint density at radius 1 is 1.42 bits per heavy atom. The molecule has 2 atom stereocenters. The fraction of sp³-hybridized carbons (Fsp3) is 0.562. The van der Waals surface area contributed by atoms with Gasteiger partial charge >= 0.3 is 6.09 Å². The van der Waals surface area contributed by atoms with Crippen LogP contribution in [0, 0.1) is 5.41 Å². The number of hydrogen-bond acceptors (Lipinski definition) is 4. The first-order chi connectivity index (χ1) is 11.8. The van der Waals surface area contributed by atoms with Crippen LogP contribution in [0.25, 0.3) is 0 Å². The highest BCUT2D eigenvalue weighted by Gasteiger charge is 2.54. The highest BCUT2D eigenvalue weighted by molar-refractivity contribution is 9.11. The van der Waals surface area contributed by atoms with Gasteiger partial charge in [0, 0.05) is 28.1 Å². The lowest BCUT2D eigenvalue weighted by molar-refractivity contribution is 0.0370. The molecular formula is C16H23Br2N3O4S. The minimum atomic E-state index is -3.84. The summed E-state index contributed by atoms with van der Waals surface area (Å²) in [4.78, 5) is 13.1. The van der Waals surface area contributed by atoms with E-state index in [9.17, 15) is 18.3 Å². The lowest BCUT2D eigenvalue weighted by atomic mass is 9.71. The summed E-state index contributed by atoms with van der Waals surface area (Å²) in [5, 5.41) is 9.64. The maximum atomic E-state index is 12.8. The number of nitrogens with one attached hydrogen (secondary N) is 1. The largest absolute Gasteiger partial charge is 0.465 e. The molecule has 146 valence electrons. The van der Waals surface area contributed by atoms with E-state index in [1.54, 1.807) is 12.1 Å². The molecule has 1 amide bonds. The standard InChI is InChI=1S/C16H23Br2N3O4S/c1-15(2,3)16(9-19)7-11(8-21(16)14(22)23)20-26(24,25)13-6-10(17)4-5-12(13)18/h4-6,11,20H,7-9,19H2,1-3H3,(H,22,23)/t11-,16+/m1/s1. The van der Waals surface area contributed by atoms with E-state index in [0.29, 0.717) is 15.4 Å². The molecule has 2 rings (SSSR count). The molecule has 0 aliphatic carbocycles. The summed E-state index contributed by atoms with van der Waals surface area (Å²) in [6, 6.07) is 4.29. The van der Waals surface area contributed by atoms with Crippen LogP contribution in [0.4, 0.5) is 4.79 Å². The van der Waals surface area contributed by atoms with Crippen molar-refractivity contribution in [2.24, 2.45) is 11.1 Å². The number of benzene rings is 1. The highest BCUT2D eigenvalue weighted by atomic mass is 79.9. The minimum Gasteiger partial charge on any atom is -0.465 e. The van der Waals surface area contributed by atoms with E-state index in [0.717, 1.165) is 0 Å². The van der Waals surface area contributed by atoms with Gasteiger partial charge in [0.1, 0.15) is 0 Å². The first kappa shape index (κ1) is 21.6. The van der Waals surface area contributed by atoms with E-state index in [1.165, 1.54) is 11.0 Å². The SMILES string of the molecule is CC(C)(C)[C@@]1(CN)C[C@@H](NS(=O)(=O)c2cc(Br)ccc2Br)CN1C(=O)O. The average molecular weight is 513 g/mol. The molecule has 1 aromatic rings. The number of carboxylic acid groups (broad SMARTS) is 1. The first-order valence-electron chi connectivity index (χ1n) is 8.02. The number of carbonyl (C=O) groups is 1. The van der Waals surface area contributed by atoms with Crippen molar-refractivity contribution >= 4 is 48.0 Å². The van der Waals surface area contributed by atoms with Crippen molar-refractivity contribution in [3.8, 4) is 0 Å². The van der Waals surface area contributed by atoms with Crippen molar-refractivity contribution in [3.63, 3.8) is 0 Å². The van der Waals surface area contributed by atoms with Crippen molar-refractivity contribution in [2.75, 3.05) is 13.1 Å². The molecule has 1 aliphatic heterocycles. The quantitative estimate of drug-likeness (QED) is 0.574. The maximum Gasteiger partial charge on any atom is 0.407 e. The molecule has 1 aliphatic rings. The molecule has 1 aromatic carbocycles. The average Bonchev–Trinajstić information content (AvgIpc) is 2.88. The van der Waals surface area contributed by atoms with Crippen LogP contribution in [0.5, 0.6) is 0 Å². The van der Waals surface area contributed by atoms with Crippen molar-refractivity contribution < 1.29 is 18.3 Å². The van der Waals surface area contributed by atoms with Gasteiger partial charge in [0.25, 0.3) is 0 Å². The molecule has 1 saturated heterocycles. The molecule has 1 fully saturated rings. The van der Waals surface area contributed by atoms with Gasteiger partial charge in [-0.1, -0.05) is 36.7 Å². The minimum absolute atomic E-state index is 0.0503. The second-order valence-electron chi connectivity index (χ2n) is 7.48. The molecule has 0 spiro atoms. The van der Waals surface area contributed by atoms with Gasteiger partial charge in [-0.05, 0) is 46.0 Å². The van der Waals surface area contributed by atoms with E-state index in [1.807, 2.05) is 20.8 Å². The van der Waals surface area contributed by atoms with Gasteiger partial charge in [0.2, 0.25) is 10.0 Å². The normalized spacial score (nSPS) is 24.1. The van der Waals surface area contributed by atoms with Crippen molar-refractivity contribution in [1.82, 2.24) is 9.62 Å². The van der Waals surface area contributed by atoms with E-state index >= 15 is 0 Å². The number of nitrogens with zero attached hydrogens (tertiary/aromatic N) is 1. The second-order valence-corrected chi connectivity index (χ2v) is 10.9. The van der Waals surface area contributed by atoms with E-state index in [-0.39, 0.29) is 18.0 Å². The summed E-state index contributed by atoms with van der Waals surface area (Å²) in [5.74, 6) is 0. The first-order valence-corrected chi connectivity index (χ1v) is 11.1. The summed E-state index contributed by atoms with van der Waals surface area (Å²) in [7, 11) is -3.84. The summed E-state index contributed by atoms with van der Waals surface area (Å²) in [6.07, 6.45) is -0.792. The number of likely N-dealkylation sites (tertiary alicyclic amines) is 1. The third-order valence-electron chi connectivity index (χ3n) is 4.97. The molecule has 26 heavy (non-hydrogen) atoms. The van der Waals surface area contributed by atoms with Gasteiger partial charge in [0.05, 0.1) is 10.4 Å². The molecule has 10 heteroatoms. The van der Waals surface area contributed by atoms with Gasteiger partial charge in [-0.3, -0.25) is 4.90 Å². The molecule has 7 nitrogen and oxygen atoms in total. The monoisotopic (exact) mass is 511 g/mol. The fourth-order valence-corrected chi connectivity index (χ4v) is 6.22. The Morgan fingerprint density at radius 3 is 2.50 bits per heavy atom. The third-order valence-corrected chi connectivity index (χ3v) is 7.98. The van der Waals surface area contributed by atoms with Gasteiger partial charge < -0.3 is 10.8 Å². The van der Waals surface area contributed by atoms with Crippen LogP contribution >= 0.6 is 31.9 Å². The van der Waals surface area contributed by atoms with Crippen molar-refractivity contribution in [1.29, 1.82) is 0 Å². The summed E-state index contributed by atoms with van der Waals surface area (Å²) < 4.78 is 29.4. The fourth-order valence-electron chi connectivity index (χ4n) is 3.49. The topological polar surface area (TPSA) is 113 Å². The Hall–Kier alpha value is -0.680. The predicted octanol–water partition coefficient (Wildman–Crippen LogP) is 2.99. The maximum absolute atomic E-state index is 12.8. The molecular weight excluding hydrogens is 490 g/mol. The van der Waals surface area contributed by atoms with Crippen LogP contribution < -0.4 is 10.5 Å². The summed E-state index contributed by atoms with van der Waals surface area (Å²) in [5.41, 5.74) is 4.67. The number of halogens is 2. The lowest BCUT2D eigenvalue weighted by Crippen LogP contribution is -2.59. The number of amides is 1. The zero-order valence-electron chi connectivity index (χ0n) is 14.8. The third kappa shape index (κ3) is 3.94. The van der Waals surface area contributed by atoms with E-state index < -0.39 is 33.1 Å². The number of rotatable bonds is 4. The Labute approximate surface area is 170 Å². The second kappa shape index (κ2) is 7.38. The molecule has 1 heterocycles. The molecule has 0 unspecified atom stereocenters. The van der Waals surface area contributed by atoms with E-state index in [2.05, 4.69) is 36.6 Å². The molecule has 0 saturated carbocycles. The number of hydrogen-bond donors (Lipinski definition) is 3. The smallest absolute Gasteiger partial charge is 0.407 e. The summed E-state index contributed by atoms with van der Waals surface area (Å²) in [6.45, 7) is 5.91. The van der Waals surface area contributed by atoms with Crippen LogP contribution in [0.15, 0.2) is 32.0 Å². The highest BCUT2D eigenvalue weighted by Crippen LogP contribution is 2.43. The Morgan fingerprint density at radius 2 is 2.04 bits per heavy atom. The summed E-state index contributed by atoms with van der Waals surface area (Å²) >= 11 is 6.52. The molecule has 4 N–H and O–H groups in total. The van der Waals surface area contributed by atoms with Gasteiger partial charge in [0.15, 0.2) is 0 Å². The van der Waals surface area contributed by atoms with Crippen molar-refractivity contribution in [3.05, 3.63) is 27.1 Å². The van der Waals surface area contributed by atoms with Crippen LogP contribution in [-0.2, 0) is 10.0 Å². The van der Waals surface area contributed by atoms with Gasteiger partial charge in [-0.25, -0.2) is 17.9 Å². The van der Waals surface area contributed by atoms with Gasteiger partial charge in [-0.15, -0.1) is 0 Å². The van der Waals surface area contributed by atoms with E-state index in [4.69, 9.17) is 5.73 Å². The number of sulfonamides is 1. The van der Waals surface area contributed by atoms with Crippen LogP contribution in [0.3, 0.4) is 0 Å². The number of nitrogens with two attached hydrogens (primary N) is 1. The zero-order valence-corrected chi connectivity index (χ0v) is 18.8. The molecule has 0 bridgehead atoms. The Balaban J connectivity index is 2.36.